The van der Waals surface area contributed by atoms with Crippen molar-refractivity contribution in [1.82, 2.24) is 9.07 Å². The van der Waals surface area contributed by atoms with E-state index in [4.69, 9.17) is 17.5 Å². The zero-order valence-electron chi connectivity index (χ0n) is 6.57. The highest BCUT2D eigenvalue weighted by atomic mass is 35.5. The minimum Gasteiger partial charge on any atom is -0.364 e. The van der Waals surface area contributed by atoms with Crippen LogP contribution in [0, 0.1) is 0 Å². The van der Waals surface area contributed by atoms with Crippen molar-refractivity contribution in [2.24, 2.45) is 5.73 Å². The summed E-state index contributed by atoms with van der Waals surface area (Å²) in [5, 5.41) is 0.846. The second-order valence-corrected chi connectivity index (χ2v) is 2.95. The minimum atomic E-state index is -0.550. The Hall–Kier alpha value is -1.55. The van der Waals surface area contributed by atoms with Gasteiger partial charge in [-0.25, -0.2) is 4.09 Å². The van der Waals surface area contributed by atoms with Gasteiger partial charge >= 0.3 is 0 Å². The van der Waals surface area contributed by atoms with Gasteiger partial charge in [0.1, 0.15) is 5.69 Å². The van der Waals surface area contributed by atoms with Gasteiger partial charge in [-0.15, -0.1) is 0 Å². The third-order valence-corrected chi connectivity index (χ3v) is 2.16. The summed E-state index contributed by atoms with van der Waals surface area (Å²) in [5.74, 6) is -0.550. The molecule has 2 rings (SSSR count). The van der Waals surface area contributed by atoms with E-state index < -0.39 is 5.91 Å². The molecular formula is C8H6ClN3O. The topological polar surface area (TPSA) is 60.9 Å². The number of halogens is 1. The Balaban J connectivity index is 2.81. The van der Waals surface area contributed by atoms with Crippen LogP contribution in [-0.2, 0) is 0 Å². The fraction of sp³-hybridized carbons (Fsp3) is 0. The van der Waals surface area contributed by atoms with Gasteiger partial charge in [0, 0.05) is 23.4 Å². The second-order valence-electron chi connectivity index (χ2n) is 2.61. The van der Waals surface area contributed by atoms with Crippen molar-refractivity contribution < 1.29 is 4.79 Å². The van der Waals surface area contributed by atoms with Crippen molar-refractivity contribution >= 4 is 28.6 Å². The molecule has 2 N–H and O–H groups in total. The molecule has 0 saturated carbocycles. The first-order valence-electron chi connectivity index (χ1n) is 3.61. The first-order valence-corrected chi connectivity index (χ1v) is 3.95. The number of rotatable bonds is 1. The van der Waals surface area contributed by atoms with E-state index in [0.29, 0.717) is 5.52 Å². The Morgan fingerprint density at radius 3 is 3.00 bits per heavy atom. The number of fused-ring (bicyclic) bond motifs is 1. The van der Waals surface area contributed by atoms with Crippen LogP contribution in [0.25, 0.3) is 10.9 Å². The maximum Gasteiger partial charge on any atom is 0.266 e. The maximum absolute atomic E-state index is 10.9. The Morgan fingerprint density at radius 1 is 1.62 bits per heavy atom. The van der Waals surface area contributed by atoms with Gasteiger partial charge in [0.15, 0.2) is 0 Å². The summed E-state index contributed by atoms with van der Waals surface area (Å²) in [4.78, 5) is 14.8. The number of amides is 1. The molecule has 5 heteroatoms. The van der Waals surface area contributed by atoms with Gasteiger partial charge in [-0.05, 0) is 12.1 Å². The Morgan fingerprint density at radius 2 is 2.38 bits per heavy atom. The molecule has 0 atom stereocenters. The molecule has 0 radical (unpaired) electrons. The molecular weight excluding hydrogens is 190 g/mol. The number of hydrogen-bond acceptors (Lipinski definition) is 2. The van der Waals surface area contributed by atoms with Crippen LogP contribution in [-0.4, -0.2) is 15.0 Å². The number of pyridine rings is 1. The van der Waals surface area contributed by atoms with E-state index in [9.17, 15) is 4.79 Å². The lowest BCUT2D eigenvalue weighted by Crippen LogP contribution is -2.13. The molecule has 0 aromatic carbocycles. The Kier molecular flexibility index (Phi) is 1.70. The summed E-state index contributed by atoms with van der Waals surface area (Å²) < 4.78 is 1.21. The van der Waals surface area contributed by atoms with Crippen LogP contribution in [0.15, 0.2) is 24.5 Å². The van der Waals surface area contributed by atoms with Crippen LogP contribution in [0.2, 0.25) is 0 Å². The van der Waals surface area contributed by atoms with Crippen LogP contribution < -0.4 is 5.73 Å². The first-order chi connectivity index (χ1) is 6.20. The zero-order valence-corrected chi connectivity index (χ0v) is 7.32. The predicted molar refractivity (Wildman–Crippen MR) is 49.5 cm³/mol. The normalized spacial score (nSPS) is 10.5. The standard InChI is InChI=1S/C8H6ClN3O/c9-12-6(8(10)13)3-5-1-2-11-4-7(5)12/h1-4H,(H2,10,13). The van der Waals surface area contributed by atoms with Gasteiger partial charge in [0.25, 0.3) is 5.91 Å². The summed E-state index contributed by atoms with van der Waals surface area (Å²) in [7, 11) is 0. The summed E-state index contributed by atoms with van der Waals surface area (Å²) in [6, 6.07) is 3.40. The average Bonchev–Trinajstić information content (AvgIpc) is 2.45. The number of primary amides is 1. The Bertz CT molecular complexity index is 477. The monoisotopic (exact) mass is 195 g/mol. The Labute approximate surface area is 79.0 Å². The number of hydrogen-bond donors (Lipinski definition) is 1. The van der Waals surface area contributed by atoms with Crippen molar-refractivity contribution in [2.75, 3.05) is 0 Å². The summed E-state index contributed by atoms with van der Waals surface area (Å²) in [6.45, 7) is 0. The van der Waals surface area contributed by atoms with Gasteiger partial charge in [0.2, 0.25) is 0 Å². The van der Waals surface area contributed by atoms with Crippen LogP contribution in [0.1, 0.15) is 10.5 Å². The lowest BCUT2D eigenvalue weighted by atomic mass is 10.3. The molecule has 0 spiro atoms. The largest absolute Gasteiger partial charge is 0.364 e. The summed E-state index contributed by atoms with van der Waals surface area (Å²) in [5.41, 5.74) is 6.06. The quantitative estimate of drug-likeness (QED) is 0.742. The van der Waals surface area contributed by atoms with Crippen LogP contribution in [0.3, 0.4) is 0 Å². The number of nitrogens with two attached hydrogens (primary N) is 1. The van der Waals surface area contributed by atoms with Crippen LogP contribution in [0.4, 0.5) is 0 Å². The molecule has 0 aliphatic rings. The highest BCUT2D eigenvalue weighted by Gasteiger charge is 2.10. The highest BCUT2D eigenvalue weighted by molar-refractivity contribution is 6.22. The predicted octanol–water partition coefficient (Wildman–Crippen LogP) is 1.14. The summed E-state index contributed by atoms with van der Waals surface area (Å²) >= 11 is 5.83. The molecule has 13 heavy (non-hydrogen) atoms. The molecule has 1 amide bonds. The highest BCUT2D eigenvalue weighted by Crippen LogP contribution is 2.19. The fourth-order valence-electron chi connectivity index (χ4n) is 1.18. The number of nitrogens with zero attached hydrogens (tertiary/aromatic N) is 2. The van der Waals surface area contributed by atoms with Gasteiger partial charge in [0.05, 0.1) is 11.7 Å². The van der Waals surface area contributed by atoms with E-state index in [1.165, 1.54) is 4.09 Å². The molecule has 0 aliphatic carbocycles. The smallest absolute Gasteiger partial charge is 0.266 e. The van der Waals surface area contributed by atoms with E-state index in [0.717, 1.165) is 5.39 Å². The molecule has 0 saturated heterocycles. The maximum atomic E-state index is 10.9. The molecule has 0 unspecified atom stereocenters. The first kappa shape index (κ1) is 8.07. The van der Waals surface area contributed by atoms with Gasteiger partial charge in [-0.1, -0.05) is 0 Å². The van der Waals surface area contributed by atoms with Gasteiger partial charge in [-0.3, -0.25) is 9.78 Å². The van der Waals surface area contributed by atoms with Crippen molar-refractivity contribution in [3.05, 3.63) is 30.2 Å². The van der Waals surface area contributed by atoms with Crippen LogP contribution in [0.5, 0.6) is 0 Å². The minimum absolute atomic E-state index is 0.268. The molecule has 66 valence electrons. The van der Waals surface area contributed by atoms with E-state index in [-0.39, 0.29) is 5.69 Å². The van der Waals surface area contributed by atoms with Crippen molar-refractivity contribution in [3.63, 3.8) is 0 Å². The SMILES string of the molecule is NC(=O)c1cc2ccncc2n1Cl. The number of carbonyl (C=O) groups is 1. The molecule has 2 aromatic heterocycles. The van der Waals surface area contributed by atoms with Crippen LogP contribution >= 0.6 is 11.8 Å². The molecule has 0 aliphatic heterocycles. The summed E-state index contributed by atoms with van der Waals surface area (Å²) in [6.07, 6.45) is 3.21. The van der Waals surface area contributed by atoms with Gasteiger partial charge < -0.3 is 5.73 Å². The van der Waals surface area contributed by atoms with E-state index >= 15 is 0 Å². The molecule has 0 bridgehead atoms. The fourth-order valence-corrected chi connectivity index (χ4v) is 1.46. The molecule has 4 nitrogen and oxygen atoms in total. The lowest BCUT2D eigenvalue weighted by Gasteiger charge is -1.94. The zero-order chi connectivity index (χ0) is 9.42. The van der Waals surface area contributed by atoms with E-state index in [1.807, 2.05) is 0 Å². The number of aromatic nitrogens is 2. The van der Waals surface area contributed by atoms with E-state index in [1.54, 1.807) is 24.5 Å². The second kappa shape index (κ2) is 2.74. The third-order valence-electron chi connectivity index (χ3n) is 1.80. The lowest BCUT2D eigenvalue weighted by molar-refractivity contribution is 0.0995. The average molecular weight is 196 g/mol. The third kappa shape index (κ3) is 1.15. The molecule has 2 heterocycles. The molecule has 2 aromatic rings. The van der Waals surface area contributed by atoms with Crippen molar-refractivity contribution in [1.29, 1.82) is 0 Å². The van der Waals surface area contributed by atoms with Crippen molar-refractivity contribution in [3.8, 4) is 0 Å². The van der Waals surface area contributed by atoms with Crippen molar-refractivity contribution in [2.45, 2.75) is 0 Å². The van der Waals surface area contributed by atoms with E-state index in [2.05, 4.69) is 4.98 Å². The van der Waals surface area contributed by atoms with Gasteiger partial charge in [-0.2, -0.15) is 0 Å². The number of carbonyl (C=O) groups excluding carboxylic acids is 1. The molecule has 0 fully saturated rings.